The van der Waals surface area contributed by atoms with Gasteiger partial charge in [0.25, 0.3) is 0 Å². The quantitative estimate of drug-likeness (QED) is 0.833. The molecule has 1 aromatic rings. The topological polar surface area (TPSA) is 43.7 Å². The van der Waals surface area contributed by atoms with Crippen LogP contribution in [0.25, 0.3) is 0 Å². The lowest BCUT2D eigenvalue weighted by molar-refractivity contribution is 0.0840. The fourth-order valence-electron chi connectivity index (χ4n) is 2.71. The van der Waals surface area contributed by atoms with E-state index in [1.54, 1.807) is 6.07 Å². The largest absolute Gasteiger partial charge is 0.395 e. The molecule has 2 N–H and O–H groups in total. The van der Waals surface area contributed by atoms with E-state index in [1.807, 2.05) is 0 Å². The molecule has 1 aliphatic heterocycles. The molecule has 1 heterocycles. The van der Waals surface area contributed by atoms with E-state index < -0.39 is 0 Å². The van der Waals surface area contributed by atoms with Crippen LogP contribution in [0.15, 0.2) is 18.2 Å². The first-order valence-electron chi connectivity index (χ1n) is 7.47. The Bertz CT molecular complexity index is 521. The molecule has 3 nitrogen and oxygen atoms in total. The standard InChI is InChI=1S/C17H22FNO2/c18-16-8-7-15(14(11-16)5-2-4-10-20)12-19-9-3-1-6-17(19)13-21/h7-8,11,17,20-21H,1,3-4,6,9-10,12-13H2. The van der Waals surface area contributed by atoms with Crippen molar-refractivity contribution in [2.45, 2.75) is 38.3 Å². The third kappa shape index (κ3) is 4.53. The van der Waals surface area contributed by atoms with Crippen molar-refractivity contribution in [2.24, 2.45) is 0 Å². The number of rotatable bonds is 4. The van der Waals surface area contributed by atoms with Crippen LogP contribution in [-0.2, 0) is 6.54 Å². The van der Waals surface area contributed by atoms with Crippen LogP contribution in [0.1, 0.15) is 36.8 Å². The number of nitrogens with zero attached hydrogens (tertiary/aromatic N) is 1. The molecule has 0 bridgehead atoms. The summed E-state index contributed by atoms with van der Waals surface area (Å²) in [6.45, 7) is 1.80. The van der Waals surface area contributed by atoms with Crippen LogP contribution in [0, 0.1) is 17.7 Å². The molecule has 1 fully saturated rings. The molecule has 1 atom stereocenters. The molecule has 4 heteroatoms. The first-order valence-corrected chi connectivity index (χ1v) is 7.47. The van der Waals surface area contributed by atoms with E-state index in [9.17, 15) is 9.50 Å². The van der Waals surface area contributed by atoms with E-state index in [1.165, 1.54) is 12.1 Å². The van der Waals surface area contributed by atoms with Gasteiger partial charge in [0, 0.05) is 24.6 Å². The molecule has 21 heavy (non-hydrogen) atoms. The second kappa shape index (κ2) is 8.14. The van der Waals surface area contributed by atoms with Crippen LogP contribution in [0.3, 0.4) is 0 Å². The normalized spacial score (nSPS) is 19.1. The molecule has 1 aliphatic rings. The van der Waals surface area contributed by atoms with Crippen LogP contribution >= 0.6 is 0 Å². The fourth-order valence-corrected chi connectivity index (χ4v) is 2.71. The number of hydrogen-bond donors (Lipinski definition) is 2. The minimum atomic E-state index is -0.301. The van der Waals surface area contributed by atoms with Gasteiger partial charge in [-0.2, -0.15) is 0 Å². The summed E-state index contributed by atoms with van der Waals surface area (Å²) in [4.78, 5) is 2.24. The predicted molar refractivity (Wildman–Crippen MR) is 80.1 cm³/mol. The second-order valence-corrected chi connectivity index (χ2v) is 5.38. The average Bonchev–Trinajstić information content (AvgIpc) is 2.50. The van der Waals surface area contributed by atoms with E-state index >= 15 is 0 Å². The minimum Gasteiger partial charge on any atom is -0.395 e. The lowest BCUT2D eigenvalue weighted by Crippen LogP contribution is -2.41. The number of aliphatic hydroxyl groups excluding tert-OH is 2. The highest BCUT2D eigenvalue weighted by molar-refractivity contribution is 5.41. The van der Waals surface area contributed by atoms with Gasteiger partial charge in [-0.25, -0.2) is 4.39 Å². The van der Waals surface area contributed by atoms with Gasteiger partial charge in [0.2, 0.25) is 0 Å². The maximum Gasteiger partial charge on any atom is 0.124 e. The highest BCUT2D eigenvalue weighted by Crippen LogP contribution is 2.21. The van der Waals surface area contributed by atoms with E-state index in [0.717, 1.165) is 31.4 Å². The summed E-state index contributed by atoms with van der Waals surface area (Å²) in [5.41, 5.74) is 1.65. The molecular weight excluding hydrogens is 269 g/mol. The van der Waals surface area contributed by atoms with Gasteiger partial charge in [-0.1, -0.05) is 24.3 Å². The van der Waals surface area contributed by atoms with Gasteiger partial charge in [0.1, 0.15) is 5.82 Å². The number of halogens is 1. The van der Waals surface area contributed by atoms with Crippen molar-refractivity contribution >= 4 is 0 Å². The number of piperidine rings is 1. The highest BCUT2D eigenvalue weighted by atomic mass is 19.1. The van der Waals surface area contributed by atoms with Crippen molar-refractivity contribution in [2.75, 3.05) is 19.8 Å². The Kier molecular flexibility index (Phi) is 6.19. The highest BCUT2D eigenvalue weighted by Gasteiger charge is 2.22. The van der Waals surface area contributed by atoms with E-state index in [-0.39, 0.29) is 25.1 Å². The Morgan fingerprint density at radius 1 is 1.29 bits per heavy atom. The molecule has 0 amide bonds. The summed E-state index contributed by atoms with van der Waals surface area (Å²) in [6, 6.07) is 4.84. The molecule has 0 spiro atoms. The van der Waals surface area contributed by atoms with Gasteiger partial charge in [-0.15, -0.1) is 0 Å². The Labute approximate surface area is 125 Å². The Balaban J connectivity index is 2.16. The van der Waals surface area contributed by atoms with Crippen molar-refractivity contribution in [3.8, 4) is 11.8 Å². The number of benzene rings is 1. The van der Waals surface area contributed by atoms with Crippen molar-refractivity contribution in [1.29, 1.82) is 0 Å². The van der Waals surface area contributed by atoms with E-state index in [4.69, 9.17) is 5.11 Å². The zero-order valence-electron chi connectivity index (χ0n) is 12.2. The summed E-state index contributed by atoms with van der Waals surface area (Å²) in [6.07, 6.45) is 3.67. The maximum atomic E-state index is 13.4. The molecule has 0 radical (unpaired) electrons. The van der Waals surface area contributed by atoms with E-state index in [0.29, 0.717) is 18.5 Å². The summed E-state index contributed by atoms with van der Waals surface area (Å²) in [5.74, 6) is 5.48. The zero-order chi connectivity index (χ0) is 15.1. The number of hydrogen-bond acceptors (Lipinski definition) is 3. The molecule has 1 saturated heterocycles. The Hall–Kier alpha value is -1.41. The first-order chi connectivity index (χ1) is 10.2. The average molecular weight is 291 g/mol. The number of likely N-dealkylation sites (tertiary alicyclic amines) is 1. The van der Waals surface area contributed by atoms with E-state index in [2.05, 4.69) is 16.7 Å². The van der Waals surface area contributed by atoms with Crippen LogP contribution in [0.5, 0.6) is 0 Å². The molecule has 114 valence electrons. The van der Waals surface area contributed by atoms with Gasteiger partial charge < -0.3 is 10.2 Å². The lowest BCUT2D eigenvalue weighted by Gasteiger charge is -2.34. The van der Waals surface area contributed by atoms with Gasteiger partial charge in [0.05, 0.1) is 13.2 Å². The summed E-state index contributed by atoms with van der Waals surface area (Å²) in [7, 11) is 0. The molecule has 0 saturated carbocycles. The number of aliphatic hydroxyl groups is 2. The maximum absolute atomic E-state index is 13.4. The van der Waals surface area contributed by atoms with Gasteiger partial charge in [0.15, 0.2) is 0 Å². The van der Waals surface area contributed by atoms with Crippen LogP contribution < -0.4 is 0 Å². The minimum absolute atomic E-state index is 0.0103. The first kappa shape index (κ1) is 16.0. The summed E-state index contributed by atoms with van der Waals surface area (Å²) >= 11 is 0. The van der Waals surface area contributed by atoms with Crippen molar-refractivity contribution in [3.63, 3.8) is 0 Å². The molecule has 1 aromatic carbocycles. The smallest absolute Gasteiger partial charge is 0.124 e. The van der Waals surface area contributed by atoms with Gasteiger partial charge in [-0.05, 0) is 37.1 Å². The molecule has 1 unspecified atom stereocenters. The molecule has 2 rings (SSSR count). The van der Waals surface area contributed by atoms with Crippen LogP contribution in [0.2, 0.25) is 0 Å². The Morgan fingerprint density at radius 3 is 2.90 bits per heavy atom. The van der Waals surface area contributed by atoms with Gasteiger partial charge >= 0.3 is 0 Å². The third-order valence-corrected chi connectivity index (χ3v) is 3.87. The van der Waals surface area contributed by atoms with Crippen LogP contribution in [0.4, 0.5) is 4.39 Å². The van der Waals surface area contributed by atoms with Gasteiger partial charge in [-0.3, -0.25) is 4.90 Å². The van der Waals surface area contributed by atoms with Crippen molar-refractivity contribution in [1.82, 2.24) is 4.90 Å². The predicted octanol–water partition coefficient (Wildman–Crippen LogP) is 1.91. The van der Waals surface area contributed by atoms with Crippen molar-refractivity contribution < 1.29 is 14.6 Å². The molecular formula is C17H22FNO2. The third-order valence-electron chi connectivity index (χ3n) is 3.87. The molecule has 0 aromatic heterocycles. The molecule has 0 aliphatic carbocycles. The summed E-state index contributed by atoms with van der Waals surface area (Å²) < 4.78 is 13.4. The summed E-state index contributed by atoms with van der Waals surface area (Å²) in [5, 5.41) is 18.3. The Morgan fingerprint density at radius 2 is 2.14 bits per heavy atom. The monoisotopic (exact) mass is 291 g/mol. The fraction of sp³-hybridized carbons (Fsp3) is 0.529. The second-order valence-electron chi connectivity index (χ2n) is 5.38. The SMILES string of the molecule is OCCC#Cc1cc(F)ccc1CN1CCCCC1CO. The van der Waals surface area contributed by atoms with Crippen molar-refractivity contribution in [3.05, 3.63) is 35.1 Å². The zero-order valence-corrected chi connectivity index (χ0v) is 12.2. The lowest BCUT2D eigenvalue weighted by atomic mass is 10.00. The van der Waals surface area contributed by atoms with Crippen LogP contribution in [-0.4, -0.2) is 40.9 Å².